The highest BCUT2D eigenvalue weighted by molar-refractivity contribution is 7.92. The van der Waals surface area contributed by atoms with E-state index in [2.05, 4.69) is 5.32 Å². The third kappa shape index (κ3) is 6.54. The number of nitro benzene ring substituents is 1. The van der Waals surface area contributed by atoms with Crippen molar-refractivity contribution in [3.63, 3.8) is 0 Å². The number of nitrogens with zero attached hydrogens (tertiary/aromatic N) is 3. The molecule has 0 aromatic heterocycles. The fourth-order valence-corrected chi connectivity index (χ4v) is 5.39. The number of halogens is 1. The minimum atomic E-state index is -4.54. The van der Waals surface area contributed by atoms with E-state index in [9.17, 15) is 32.5 Å². The topological polar surface area (TPSA) is 139 Å². The summed E-state index contributed by atoms with van der Waals surface area (Å²) >= 11 is 0. The highest BCUT2D eigenvalue weighted by Gasteiger charge is 2.33. The number of carbonyl (C=O) groups excluding carboxylic acids is 2. The van der Waals surface area contributed by atoms with Gasteiger partial charge in [-0.3, -0.25) is 24.0 Å². The Morgan fingerprint density at radius 2 is 1.75 bits per heavy atom. The van der Waals surface area contributed by atoms with Crippen LogP contribution in [0.4, 0.5) is 15.8 Å². The maximum atomic E-state index is 14.5. The summed E-state index contributed by atoms with van der Waals surface area (Å²) in [4.78, 5) is 37.7. The van der Waals surface area contributed by atoms with Crippen LogP contribution >= 0.6 is 0 Å². The Morgan fingerprint density at radius 3 is 2.33 bits per heavy atom. The van der Waals surface area contributed by atoms with Gasteiger partial charge in [-0.25, -0.2) is 12.8 Å². The molecule has 0 saturated heterocycles. The molecule has 0 aliphatic carbocycles. The van der Waals surface area contributed by atoms with Crippen molar-refractivity contribution in [1.82, 2.24) is 10.2 Å². The molecule has 2 amide bonds. The molecule has 1 atom stereocenters. The molecule has 3 aromatic carbocycles. The SMILES string of the molecule is CNC(=O)C(C)N(Cc1ccccc1F)C(=O)CN(c1ccc(OC)cc1)S(=O)(=O)c1ccc(C)c([N+](=O)[O-])c1. The second-order valence-electron chi connectivity index (χ2n) is 8.82. The molecular weight excluding hydrogens is 543 g/mol. The summed E-state index contributed by atoms with van der Waals surface area (Å²) in [5, 5.41) is 13.9. The molecule has 11 nitrogen and oxygen atoms in total. The molecule has 3 rings (SSSR count). The summed E-state index contributed by atoms with van der Waals surface area (Å²) in [5.74, 6) is -1.53. The molecule has 0 spiro atoms. The van der Waals surface area contributed by atoms with Gasteiger partial charge >= 0.3 is 0 Å². The van der Waals surface area contributed by atoms with E-state index in [1.165, 1.54) is 82.6 Å². The number of amides is 2. The molecule has 0 heterocycles. The van der Waals surface area contributed by atoms with E-state index in [0.29, 0.717) is 5.75 Å². The number of nitrogens with one attached hydrogen (secondary N) is 1. The van der Waals surface area contributed by atoms with E-state index in [-0.39, 0.29) is 23.4 Å². The van der Waals surface area contributed by atoms with Gasteiger partial charge in [0.25, 0.3) is 15.7 Å². The predicted octanol–water partition coefficient (Wildman–Crippen LogP) is 3.41. The van der Waals surface area contributed by atoms with Crippen LogP contribution in [0.15, 0.2) is 71.6 Å². The number of rotatable bonds is 11. The summed E-state index contributed by atoms with van der Waals surface area (Å²) in [6, 6.07) is 13.9. The van der Waals surface area contributed by atoms with Gasteiger partial charge in [-0.15, -0.1) is 0 Å². The number of carbonyl (C=O) groups is 2. The van der Waals surface area contributed by atoms with Crippen LogP contribution in [0.25, 0.3) is 0 Å². The third-order valence-corrected chi connectivity index (χ3v) is 8.09. The smallest absolute Gasteiger partial charge is 0.273 e. The zero-order valence-electron chi connectivity index (χ0n) is 22.3. The zero-order valence-corrected chi connectivity index (χ0v) is 23.1. The first kappa shape index (κ1) is 30.0. The molecule has 0 aliphatic rings. The fourth-order valence-electron chi connectivity index (χ4n) is 3.95. The number of likely N-dealkylation sites (N-methyl/N-ethyl adjacent to an activating group) is 1. The van der Waals surface area contributed by atoms with Crippen LogP contribution in [0.2, 0.25) is 0 Å². The molecule has 3 aromatic rings. The average molecular weight is 573 g/mol. The Hall–Kier alpha value is -4.52. The first-order valence-electron chi connectivity index (χ1n) is 12.1. The molecule has 13 heteroatoms. The Balaban J connectivity index is 2.10. The lowest BCUT2D eigenvalue weighted by molar-refractivity contribution is -0.385. The normalized spacial score (nSPS) is 11.8. The molecule has 0 aliphatic heterocycles. The molecule has 0 saturated carbocycles. The molecule has 40 heavy (non-hydrogen) atoms. The summed E-state index contributed by atoms with van der Waals surface area (Å²) in [5.41, 5.74) is 0.0402. The van der Waals surface area contributed by atoms with Gasteiger partial charge in [0, 0.05) is 30.8 Å². The van der Waals surface area contributed by atoms with Crippen LogP contribution in [0.1, 0.15) is 18.1 Å². The Morgan fingerprint density at radius 1 is 1.10 bits per heavy atom. The van der Waals surface area contributed by atoms with Crippen LogP contribution < -0.4 is 14.4 Å². The maximum absolute atomic E-state index is 14.5. The lowest BCUT2D eigenvalue weighted by atomic mass is 10.1. The number of benzene rings is 3. The molecule has 0 bridgehead atoms. The van der Waals surface area contributed by atoms with Crippen molar-refractivity contribution < 1.29 is 32.1 Å². The van der Waals surface area contributed by atoms with Crippen molar-refractivity contribution >= 4 is 33.2 Å². The lowest BCUT2D eigenvalue weighted by Crippen LogP contribution is -2.50. The second kappa shape index (κ2) is 12.6. The van der Waals surface area contributed by atoms with Crippen molar-refractivity contribution in [3.8, 4) is 5.75 Å². The quantitative estimate of drug-likeness (QED) is 0.274. The lowest BCUT2D eigenvalue weighted by Gasteiger charge is -2.31. The van der Waals surface area contributed by atoms with E-state index in [1.54, 1.807) is 6.07 Å². The van der Waals surface area contributed by atoms with Crippen molar-refractivity contribution in [2.45, 2.75) is 31.3 Å². The van der Waals surface area contributed by atoms with Gasteiger partial charge in [0.15, 0.2) is 0 Å². The van der Waals surface area contributed by atoms with Gasteiger partial charge in [-0.1, -0.05) is 24.3 Å². The highest BCUT2D eigenvalue weighted by Crippen LogP contribution is 2.29. The van der Waals surface area contributed by atoms with Gasteiger partial charge in [0.1, 0.15) is 24.2 Å². The molecular formula is C27H29FN4O7S. The largest absolute Gasteiger partial charge is 0.497 e. The summed E-state index contributed by atoms with van der Waals surface area (Å²) in [6.07, 6.45) is 0. The number of hydrogen-bond donors (Lipinski definition) is 1. The maximum Gasteiger partial charge on any atom is 0.273 e. The van der Waals surface area contributed by atoms with E-state index in [4.69, 9.17) is 4.74 Å². The van der Waals surface area contributed by atoms with Crippen molar-refractivity contribution in [1.29, 1.82) is 0 Å². The average Bonchev–Trinajstić information content (AvgIpc) is 2.94. The van der Waals surface area contributed by atoms with E-state index < -0.39 is 55.7 Å². The molecule has 1 N–H and O–H groups in total. The second-order valence-corrected chi connectivity index (χ2v) is 10.7. The summed E-state index contributed by atoms with van der Waals surface area (Å²) < 4.78 is 48.2. The number of methoxy groups -OCH3 is 1. The first-order chi connectivity index (χ1) is 18.9. The minimum Gasteiger partial charge on any atom is -0.497 e. The van der Waals surface area contributed by atoms with Crippen LogP contribution in [-0.2, 0) is 26.2 Å². The first-order valence-corrected chi connectivity index (χ1v) is 13.5. The molecule has 0 radical (unpaired) electrons. The zero-order chi connectivity index (χ0) is 29.6. The highest BCUT2D eigenvalue weighted by atomic mass is 32.2. The van der Waals surface area contributed by atoms with Crippen LogP contribution in [0.3, 0.4) is 0 Å². The monoisotopic (exact) mass is 572 g/mol. The minimum absolute atomic E-state index is 0.0656. The van der Waals surface area contributed by atoms with Crippen molar-refractivity contribution in [2.24, 2.45) is 0 Å². The van der Waals surface area contributed by atoms with Crippen molar-refractivity contribution in [2.75, 3.05) is 25.0 Å². The number of aryl methyl sites for hydroxylation is 1. The van der Waals surface area contributed by atoms with E-state index in [1.807, 2.05) is 0 Å². The molecule has 0 fully saturated rings. The van der Waals surface area contributed by atoms with Gasteiger partial charge < -0.3 is 15.0 Å². The summed E-state index contributed by atoms with van der Waals surface area (Å²) in [7, 11) is -1.73. The van der Waals surface area contributed by atoms with Gasteiger partial charge in [-0.2, -0.15) is 0 Å². The Bertz CT molecular complexity index is 1510. The van der Waals surface area contributed by atoms with Gasteiger partial charge in [0.2, 0.25) is 11.8 Å². The van der Waals surface area contributed by atoms with E-state index in [0.717, 1.165) is 15.3 Å². The van der Waals surface area contributed by atoms with Crippen LogP contribution in [-0.4, -0.2) is 56.8 Å². The molecule has 212 valence electrons. The number of nitro groups is 1. The third-order valence-electron chi connectivity index (χ3n) is 6.32. The Labute approximate surface area is 231 Å². The van der Waals surface area contributed by atoms with Crippen molar-refractivity contribution in [3.05, 3.63) is 93.8 Å². The van der Waals surface area contributed by atoms with Crippen LogP contribution in [0.5, 0.6) is 5.75 Å². The number of ether oxygens (including phenoxy) is 1. The predicted molar refractivity (Wildman–Crippen MR) is 146 cm³/mol. The van der Waals surface area contributed by atoms with Gasteiger partial charge in [-0.05, 0) is 50.2 Å². The standard InChI is InChI=1S/C27H29FN4O7S/c1-18-9-14-23(15-25(18)32(35)36)40(37,38)31(21-10-12-22(39-4)13-11-21)17-26(33)30(19(2)27(34)29-3)16-20-7-5-6-8-24(20)28/h5-15,19H,16-17H2,1-4H3,(H,29,34). The molecule has 1 unspecified atom stereocenters. The van der Waals surface area contributed by atoms with Gasteiger partial charge in [0.05, 0.1) is 22.6 Å². The summed E-state index contributed by atoms with van der Waals surface area (Å²) in [6.45, 7) is 1.81. The van der Waals surface area contributed by atoms with Crippen LogP contribution in [0, 0.1) is 22.9 Å². The fraction of sp³-hybridized carbons (Fsp3) is 0.259. The number of hydrogen-bond acceptors (Lipinski definition) is 7. The van der Waals surface area contributed by atoms with E-state index >= 15 is 0 Å². The number of sulfonamides is 1. The number of anilines is 1. The Kier molecular flexibility index (Phi) is 9.43.